The fourth-order valence-electron chi connectivity index (χ4n) is 1.81. The van der Waals surface area contributed by atoms with Gasteiger partial charge >= 0.3 is 0 Å². The molecule has 0 radical (unpaired) electrons. The summed E-state index contributed by atoms with van der Waals surface area (Å²) in [5.41, 5.74) is 2.82. The van der Waals surface area contributed by atoms with E-state index in [1.54, 1.807) is 7.11 Å². The van der Waals surface area contributed by atoms with Crippen LogP contribution in [-0.4, -0.2) is 24.1 Å². The van der Waals surface area contributed by atoms with Crippen LogP contribution in [0.25, 0.3) is 5.52 Å². The lowest BCUT2D eigenvalue weighted by atomic mass is 10.2. The zero-order chi connectivity index (χ0) is 12.3. The lowest BCUT2D eigenvalue weighted by Gasteiger charge is -2.05. The van der Waals surface area contributed by atoms with Crippen LogP contribution in [0, 0.1) is 0 Å². The number of nitrogens with zero attached hydrogens (tertiary/aromatic N) is 1. The summed E-state index contributed by atoms with van der Waals surface area (Å²) in [4.78, 5) is 11.9. The van der Waals surface area contributed by atoms with Gasteiger partial charge in [-0.05, 0) is 30.2 Å². The average molecular weight is 232 g/mol. The number of aryl methyl sites for hydroxylation is 1. The number of nitrogens with one attached hydrogen (secondary N) is 1. The summed E-state index contributed by atoms with van der Waals surface area (Å²) in [5.74, 6) is -0.113. The first-order valence-corrected chi connectivity index (χ1v) is 5.63. The van der Waals surface area contributed by atoms with E-state index in [2.05, 4.69) is 12.2 Å². The van der Waals surface area contributed by atoms with Gasteiger partial charge < -0.3 is 14.5 Å². The molecule has 2 aromatic rings. The number of hydrogen-bond donors (Lipinski definition) is 1. The van der Waals surface area contributed by atoms with Gasteiger partial charge in [0, 0.05) is 19.5 Å². The number of fused-ring (bicyclic) bond motifs is 1. The maximum absolute atomic E-state index is 11.9. The van der Waals surface area contributed by atoms with Gasteiger partial charge in [-0.25, -0.2) is 0 Å². The number of aromatic nitrogens is 1. The van der Waals surface area contributed by atoms with E-state index in [1.165, 1.54) is 5.56 Å². The van der Waals surface area contributed by atoms with Crippen molar-refractivity contribution < 1.29 is 9.53 Å². The minimum Gasteiger partial charge on any atom is -0.364 e. The number of ether oxygens (including phenoxy) is 1. The largest absolute Gasteiger partial charge is 0.364 e. The fourth-order valence-corrected chi connectivity index (χ4v) is 1.81. The molecule has 0 atom stereocenters. The molecule has 1 amide bonds. The van der Waals surface area contributed by atoms with Crippen molar-refractivity contribution in [3.8, 4) is 0 Å². The second-order valence-electron chi connectivity index (χ2n) is 3.86. The smallest absolute Gasteiger partial charge is 0.255 e. The molecule has 0 aliphatic heterocycles. The summed E-state index contributed by atoms with van der Waals surface area (Å²) in [7, 11) is 1.55. The van der Waals surface area contributed by atoms with Crippen molar-refractivity contribution >= 4 is 11.4 Å². The van der Waals surface area contributed by atoms with Crippen LogP contribution in [0.3, 0.4) is 0 Å². The van der Waals surface area contributed by atoms with Crippen LogP contribution in [0.15, 0.2) is 30.6 Å². The molecule has 17 heavy (non-hydrogen) atoms. The first-order chi connectivity index (χ1) is 8.26. The minimum absolute atomic E-state index is 0.113. The molecule has 2 rings (SSSR count). The molecule has 0 aromatic carbocycles. The molecule has 0 aliphatic carbocycles. The molecular weight excluding hydrogens is 216 g/mol. The number of carbonyl (C=O) groups is 1. The summed E-state index contributed by atoms with van der Waals surface area (Å²) >= 11 is 0. The number of rotatable bonds is 4. The van der Waals surface area contributed by atoms with Gasteiger partial charge in [0.2, 0.25) is 0 Å². The van der Waals surface area contributed by atoms with Crippen LogP contribution < -0.4 is 5.32 Å². The monoisotopic (exact) mass is 232 g/mol. The van der Waals surface area contributed by atoms with Crippen molar-refractivity contribution in [1.82, 2.24) is 9.72 Å². The van der Waals surface area contributed by atoms with E-state index >= 15 is 0 Å². The number of hydrogen-bond acceptors (Lipinski definition) is 2. The van der Waals surface area contributed by atoms with Gasteiger partial charge in [-0.15, -0.1) is 0 Å². The predicted octanol–water partition coefficient (Wildman–Crippen LogP) is 1.84. The molecule has 0 spiro atoms. The first kappa shape index (κ1) is 11.7. The number of amides is 1. The third-order valence-corrected chi connectivity index (χ3v) is 2.72. The van der Waals surface area contributed by atoms with Gasteiger partial charge in [0.25, 0.3) is 5.91 Å². The van der Waals surface area contributed by atoms with Crippen LogP contribution in [0.5, 0.6) is 0 Å². The Kier molecular flexibility index (Phi) is 3.44. The molecule has 4 heteroatoms. The Morgan fingerprint density at radius 2 is 2.35 bits per heavy atom. The Hall–Kier alpha value is -1.81. The quantitative estimate of drug-likeness (QED) is 0.817. The highest BCUT2D eigenvalue weighted by molar-refractivity contribution is 6.00. The summed E-state index contributed by atoms with van der Waals surface area (Å²) in [5, 5.41) is 2.69. The molecule has 2 aromatic heterocycles. The normalized spacial score (nSPS) is 10.7. The third kappa shape index (κ3) is 2.31. The van der Waals surface area contributed by atoms with Crippen molar-refractivity contribution in [3.05, 3.63) is 41.7 Å². The highest BCUT2D eigenvalue weighted by Gasteiger charge is 2.10. The fraction of sp³-hybridized carbons (Fsp3) is 0.308. The molecular formula is C13H16N2O2. The third-order valence-electron chi connectivity index (χ3n) is 2.72. The average Bonchev–Trinajstić information content (AvgIpc) is 2.78. The van der Waals surface area contributed by atoms with Crippen LogP contribution in [-0.2, 0) is 11.2 Å². The van der Waals surface area contributed by atoms with E-state index in [9.17, 15) is 4.79 Å². The number of pyridine rings is 1. The van der Waals surface area contributed by atoms with Gasteiger partial charge in [0.05, 0.1) is 11.1 Å². The van der Waals surface area contributed by atoms with Gasteiger partial charge in [-0.3, -0.25) is 4.79 Å². The molecule has 0 bridgehead atoms. The standard InChI is InChI=1S/C13H16N2O2/c1-3-10-7-12-11(13(16)14-9-17-2)5-4-6-15(12)8-10/h4-8H,3,9H2,1-2H3,(H,14,16). The minimum atomic E-state index is -0.113. The van der Waals surface area contributed by atoms with E-state index in [4.69, 9.17) is 4.74 Å². The number of methoxy groups -OCH3 is 1. The van der Waals surface area contributed by atoms with Crippen molar-refractivity contribution in [2.45, 2.75) is 13.3 Å². The Labute approximate surface area is 100 Å². The van der Waals surface area contributed by atoms with Crippen molar-refractivity contribution in [2.24, 2.45) is 0 Å². The lowest BCUT2D eigenvalue weighted by molar-refractivity contribution is 0.0873. The lowest BCUT2D eigenvalue weighted by Crippen LogP contribution is -2.25. The first-order valence-electron chi connectivity index (χ1n) is 5.63. The molecule has 90 valence electrons. The molecule has 0 saturated carbocycles. The van der Waals surface area contributed by atoms with Gasteiger partial charge in [-0.2, -0.15) is 0 Å². The van der Waals surface area contributed by atoms with Crippen LogP contribution in [0.2, 0.25) is 0 Å². The maximum Gasteiger partial charge on any atom is 0.255 e. The summed E-state index contributed by atoms with van der Waals surface area (Å²) in [6.45, 7) is 2.32. The van der Waals surface area contributed by atoms with Gasteiger partial charge in [0.1, 0.15) is 6.73 Å². The van der Waals surface area contributed by atoms with E-state index in [0.717, 1.165) is 11.9 Å². The maximum atomic E-state index is 11.9. The van der Waals surface area contributed by atoms with E-state index < -0.39 is 0 Å². The Bertz CT molecular complexity index is 531. The second-order valence-corrected chi connectivity index (χ2v) is 3.86. The zero-order valence-electron chi connectivity index (χ0n) is 10.1. The Morgan fingerprint density at radius 3 is 3.06 bits per heavy atom. The zero-order valence-corrected chi connectivity index (χ0v) is 10.1. The summed E-state index contributed by atoms with van der Waals surface area (Å²) < 4.78 is 6.81. The molecule has 4 nitrogen and oxygen atoms in total. The van der Waals surface area contributed by atoms with Gasteiger partial charge in [0.15, 0.2) is 0 Å². The summed E-state index contributed by atoms with van der Waals surface area (Å²) in [6.07, 6.45) is 4.95. The van der Waals surface area contributed by atoms with Crippen molar-refractivity contribution in [3.63, 3.8) is 0 Å². The molecule has 1 N–H and O–H groups in total. The van der Waals surface area contributed by atoms with Gasteiger partial charge in [-0.1, -0.05) is 6.92 Å². The summed E-state index contributed by atoms with van der Waals surface area (Å²) in [6, 6.07) is 5.73. The van der Waals surface area contributed by atoms with Crippen LogP contribution >= 0.6 is 0 Å². The van der Waals surface area contributed by atoms with E-state index in [1.807, 2.05) is 35.0 Å². The number of carbonyl (C=O) groups excluding carboxylic acids is 1. The highest BCUT2D eigenvalue weighted by atomic mass is 16.5. The SMILES string of the molecule is CCc1cc2c(C(=O)NCOC)cccn2c1. The van der Waals surface area contributed by atoms with E-state index in [0.29, 0.717) is 5.56 Å². The second kappa shape index (κ2) is 5.01. The molecule has 0 aliphatic rings. The highest BCUT2D eigenvalue weighted by Crippen LogP contribution is 2.15. The predicted molar refractivity (Wildman–Crippen MR) is 66.1 cm³/mol. The Balaban J connectivity index is 2.39. The topological polar surface area (TPSA) is 42.7 Å². The molecule has 0 unspecified atom stereocenters. The molecule has 0 saturated heterocycles. The van der Waals surface area contributed by atoms with Crippen molar-refractivity contribution in [1.29, 1.82) is 0 Å². The Morgan fingerprint density at radius 1 is 1.53 bits per heavy atom. The molecule has 0 fully saturated rings. The van der Waals surface area contributed by atoms with E-state index in [-0.39, 0.29) is 12.6 Å². The van der Waals surface area contributed by atoms with Crippen LogP contribution in [0.1, 0.15) is 22.8 Å². The van der Waals surface area contributed by atoms with Crippen molar-refractivity contribution in [2.75, 3.05) is 13.8 Å². The van der Waals surface area contributed by atoms with Crippen LogP contribution in [0.4, 0.5) is 0 Å². The molecule has 2 heterocycles.